The molecular weight excluding hydrogens is 240 g/mol. The first kappa shape index (κ1) is 14.8. The van der Waals surface area contributed by atoms with E-state index < -0.39 is 0 Å². The number of hydrogen-bond acceptors (Lipinski definition) is 3. The monoisotopic (exact) mass is 268 g/mol. The highest BCUT2D eigenvalue weighted by atomic mass is 16.5. The Balaban J connectivity index is 1.85. The third-order valence-electron chi connectivity index (χ3n) is 4.86. The average molecular weight is 268 g/mol. The van der Waals surface area contributed by atoms with Crippen molar-refractivity contribution in [3.63, 3.8) is 0 Å². The van der Waals surface area contributed by atoms with E-state index in [1.165, 1.54) is 12.8 Å². The number of likely N-dealkylation sites (tertiary alicyclic amines) is 1. The van der Waals surface area contributed by atoms with Gasteiger partial charge in [0.1, 0.15) is 0 Å². The Morgan fingerprint density at radius 1 is 1.26 bits per heavy atom. The van der Waals surface area contributed by atoms with Gasteiger partial charge in [-0.05, 0) is 52.6 Å². The molecule has 1 heterocycles. The summed E-state index contributed by atoms with van der Waals surface area (Å²) in [6.45, 7) is 8.06. The van der Waals surface area contributed by atoms with Crippen molar-refractivity contribution in [2.24, 2.45) is 5.41 Å². The average Bonchev–Trinajstić information content (AvgIpc) is 2.85. The van der Waals surface area contributed by atoms with Crippen LogP contribution in [-0.2, 0) is 9.53 Å². The zero-order valence-corrected chi connectivity index (χ0v) is 12.6. The molecule has 2 rings (SSSR count). The van der Waals surface area contributed by atoms with Crippen molar-refractivity contribution < 1.29 is 9.53 Å². The maximum atomic E-state index is 12.4. The van der Waals surface area contributed by atoms with E-state index in [-0.39, 0.29) is 16.9 Å². The van der Waals surface area contributed by atoms with Gasteiger partial charge in [0.25, 0.3) is 0 Å². The van der Waals surface area contributed by atoms with Gasteiger partial charge in [0, 0.05) is 19.2 Å². The lowest BCUT2D eigenvalue weighted by Crippen LogP contribution is -2.55. The molecule has 4 nitrogen and oxygen atoms in total. The lowest BCUT2D eigenvalue weighted by atomic mass is 9.68. The van der Waals surface area contributed by atoms with Crippen LogP contribution in [0.2, 0.25) is 0 Å². The first-order valence-electron chi connectivity index (χ1n) is 7.52. The highest BCUT2D eigenvalue weighted by Crippen LogP contribution is 2.41. The van der Waals surface area contributed by atoms with Crippen LogP contribution in [0.25, 0.3) is 0 Å². The van der Waals surface area contributed by atoms with Crippen molar-refractivity contribution in [2.45, 2.75) is 51.5 Å². The first-order chi connectivity index (χ1) is 9.00. The predicted molar refractivity (Wildman–Crippen MR) is 76.1 cm³/mol. The molecule has 4 heteroatoms. The van der Waals surface area contributed by atoms with Gasteiger partial charge < -0.3 is 10.1 Å². The number of rotatable bonds is 6. The number of carbonyl (C=O) groups excluding carboxylic acids is 1. The van der Waals surface area contributed by atoms with Gasteiger partial charge in [-0.25, -0.2) is 0 Å². The molecule has 0 aromatic heterocycles. The molecule has 2 fully saturated rings. The fourth-order valence-corrected chi connectivity index (χ4v) is 3.24. The molecule has 0 radical (unpaired) electrons. The molecule has 0 bridgehead atoms. The molecule has 0 atom stereocenters. The van der Waals surface area contributed by atoms with Crippen LogP contribution in [-0.4, -0.2) is 49.7 Å². The quantitative estimate of drug-likeness (QED) is 0.798. The van der Waals surface area contributed by atoms with E-state index in [1.54, 1.807) is 7.11 Å². The summed E-state index contributed by atoms with van der Waals surface area (Å²) >= 11 is 0. The van der Waals surface area contributed by atoms with Crippen molar-refractivity contribution in [1.29, 1.82) is 0 Å². The molecule has 0 unspecified atom stereocenters. The summed E-state index contributed by atoms with van der Waals surface area (Å²) in [5.74, 6) is 0.188. The van der Waals surface area contributed by atoms with Crippen LogP contribution in [0.3, 0.4) is 0 Å². The van der Waals surface area contributed by atoms with Crippen LogP contribution in [0.15, 0.2) is 0 Å². The maximum absolute atomic E-state index is 12.4. The SMILES string of the molecule is COCC1(C(=O)NCC(C)(C)N2CCCC2)CCC1. The fraction of sp³-hybridized carbons (Fsp3) is 0.933. The summed E-state index contributed by atoms with van der Waals surface area (Å²) in [5, 5.41) is 3.17. The van der Waals surface area contributed by atoms with E-state index in [2.05, 4.69) is 24.1 Å². The number of ether oxygens (including phenoxy) is 1. The molecule has 19 heavy (non-hydrogen) atoms. The molecule has 1 amide bonds. The van der Waals surface area contributed by atoms with Crippen molar-refractivity contribution in [1.82, 2.24) is 10.2 Å². The smallest absolute Gasteiger partial charge is 0.228 e. The number of carbonyl (C=O) groups is 1. The highest BCUT2D eigenvalue weighted by Gasteiger charge is 2.44. The van der Waals surface area contributed by atoms with Crippen molar-refractivity contribution >= 4 is 5.91 Å². The Morgan fingerprint density at radius 2 is 1.89 bits per heavy atom. The van der Waals surface area contributed by atoms with Gasteiger partial charge in [0.2, 0.25) is 5.91 Å². The zero-order chi connectivity index (χ0) is 13.9. The van der Waals surface area contributed by atoms with Crippen LogP contribution in [0, 0.1) is 5.41 Å². The van der Waals surface area contributed by atoms with Gasteiger partial charge in [-0.1, -0.05) is 6.42 Å². The van der Waals surface area contributed by atoms with E-state index in [1.807, 2.05) is 0 Å². The van der Waals surface area contributed by atoms with Crippen molar-refractivity contribution in [2.75, 3.05) is 33.4 Å². The van der Waals surface area contributed by atoms with E-state index >= 15 is 0 Å². The Bertz CT molecular complexity index is 318. The fourth-order valence-electron chi connectivity index (χ4n) is 3.24. The lowest BCUT2D eigenvalue weighted by molar-refractivity contribution is -0.141. The summed E-state index contributed by atoms with van der Waals surface area (Å²) in [7, 11) is 1.68. The summed E-state index contributed by atoms with van der Waals surface area (Å²) < 4.78 is 5.23. The number of hydrogen-bond donors (Lipinski definition) is 1. The topological polar surface area (TPSA) is 41.6 Å². The zero-order valence-electron chi connectivity index (χ0n) is 12.6. The predicted octanol–water partition coefficient (Wildman–Crippen LogP) is 1.79. The van der Waals surface area contributed by atoms with Crippen LogP contribution in [0.5, 0.6) is 0 Å². The van der Waals surface area contributed by atoms with Gasteiger partial charge in [0.15, 0.2) is 0 Å². The van der Waals surface area contributed by atoms with Crippen LogP contribution in [0.4, 0.5) is 0 Å². The molecule has 0 aromatic rings. The normalized spacial score (nSPS) is 23.1. The second kappa shape index (κ2) is 5.80. The van der Waals surface area contributed by atoms with Crippen molar-refractivity contribution in [3.05, 3.63) is 0 Å². The number of methoxy groups -OCH3 is 1. The second-order valence-electron chi connectivity index (χ2n) is 6.76. The summed E-state index contributed by atoms with van der Waals surface area (Å²) in [6.07, 6.45) is 5.65. The van der Waals surface area contributed by atoms with Crippen molar-refractivity contribution in [3.8, 4) is 0 Å². The molecule has 1 saturated heterocycles. The van der Waals surface area contributed by atoms with Crippen LogP contribution < -0.4 is 5.32 Å². The third kappa shape index (κ3) is 3.11. The molecule has 1 aliphatic carbocycles. The van der Waals surface area contributed by atoms with Gasteiger partial charge in [-0.2, -0.15) is 0 Å². The molecule has 1 aliphatic heterocycles. The van der Waals surface area contributed by atoms with Gasteiger partial charge in [-0.15, -0.1) is 0 Å². The molecule has 2 aliphatic rings. The lowest BCUT2D eigenvalue weighted by Gasteiger charge is -2.41. The minimum atomic E-state index is -0.240. The standard InChI is InChI=1S/C15H28N2O2/c1-14(2,17-9-4-5-10-17)11-16-13(18)15(12-19-3)7-6-8-15/h4-12H2,1-3H3,(H,16,18). The molecule has 0 spiro atoms. The van der Waals surface area contributed by atoms with E-state index in [4.69, 9.17) is 4.74 Å². The number of amides is 1. The van der Waals surface area contributed by atoms with Gasteiger partial charge >= 0.3 is 0 Å². The summed E-state index contributed by atoms with van der Waals surface area (Å²) in [6, 6.07) is 0. The third-order valence-corrected chi connectivity index (χ3v) is 4.86. The molecule has 1 N–H and O–H groups in total. The Kier molecular flexibility index (Phi) is 4.51. The number of nitrogens with zero attached hydrogens (tertiary/aromatic N) is 1. The largest absolute Gasteiger partial charge is 0.384 e. The minimum Gasteiger partial charge on any atom is -0.384 e. The Labute approximate surface area is 116 Å². The molecule has 1 saturated carbocycles. The van der Waals surface area contributed by atoms with E-state index in [0.717, 1.165) is 38.9 Å². The molecule has 110 valence electrons. The van der Waals surface area contributed by atoms with Gasteiger partial charge in [-0.3, -0.25) is 9.69 Å². The van der Waals surface area contributed by atoms with Crippen LogP contribution in [0.1, 0.15) is 46.0 Å². The molecule has 0 aromatic carbocycles. The number of nitrogens with one attached hydrogen (secondary N) is 1. The van der Waals surface area contributed by atoms with E-state index in [0.29, 0.717) is 6.61 Å². The Hall–Kier alpha value is -0.610. The second-order valence-corrected chi connectivity index (χ2v) is 6.76. The highest BCUT2D eigenvalue weighted by molar-refractivity contribution is 5.83. The van der Waals surface area contributed by atoms with E-state index in [9.17, 15) is 4.79 Å². The first-order valence-corrected chi connectivity index (χ1v) is 7.52. The summed E-state index contributed by atoms with van der Waals surface area (Å²) in [4.78, 5) is 14.9. The maximum Gasteiger partial charge on any atom is 0.228 e. The Morgan fingerprint density at radius 3 is 2.37 bits per heavy atom. The molecular formula is C15H28N2O2. The van der Waals surface area contributed by atoms with Gasteiger partial charge in [0.05, 0.1) is 12.0 Å². The van der Waals surface area contributed by atoms with Crippen LogP contribution >= 0.6 is 0 Å². The summed E-state index contributed by atoms with van der Waals surface area (Å²) in [5.41, 5.74) is -0.181. The minimum absolute atomic E-state index is 0.0597.